The zero-order valence-corrected chi connectivity index (χ0v) is 13.9. The molecule has 6 nitrogen and oxygen atoms in total. The van der Waals surface area contributed by atoms with Crippen LogP contribution in [0.25, 0.3) is 0 Å². The van der Waals surface area contributed by atoms with Crippen molar-refractivity contribution in [1.29, 1.82) is 0 Å². The molecule has 0 aromatic heterocycles. The SMILES string of the molecule is COc1cccc(NC(=O)C(c2ccc([N+](=O)[O-])cc2)C(C)C)c1. The summed E-state index contributed by atoms with van der Waals surface area (Å²) >= 11 is 0. The number of amides is 1. The molecular formula is C18H20N2O4. The van der Waals surface area contributed by atoms with Gasteiger partial charge in [0.05, 0.1) is 18.0 Å². The van der Waals surface area contributed by atoms with Gasteiger partial charge < -0.3 is 10.1 Å². The number of non-ortho nitro benzene ring substituents is 1. The summed E-state index contributed by atoms with van der Waals surface area (Å²) in [5.41, 5.74) is 1.40. The molecule has 2 aromatic rings. The lowest BCUT2D eigenvalue weighted by atomic mass is 9.87. The topological polar surface area (TPSA) is 81.5 Å². The van der Waals surface area contributed by atoms with Crippen LogP contribution in [0.5, 0.6) is 5.75 Å². The molecule has 1 unspecified atom stereocenters. The van der Waals surface area contributed by atoms with Gasteiger partial charge in [-0.3, -0.25) is 14.9 Å². The van der Waals surface area contributed by atoms with Crippen LogP contribution in [-0.2, 0) is 4.79 Å². The maximum Gasteiger partial charge on any atom is 0.269 e. The second-order valence-corrected chi connectivity index (χ2v) is 5.79. The van der Waals surface area contributed by atoms with Gasteiger partial charge in [0.1, 0.15) is 5.75 Å². The molecule has 0 spiro atoms. The molecule has 0 saturated heterocycles. The van der Waals surface area contributed by atoms with Crippen molar-refractivity contribution in [2.45, 2.75) is 19.8 Å². The van der Waals surface area contributed by atoms with E-state index in [0.29, 0.717) is 11.4 Å². The molecule has 1 atom stereocenters. The number of rotatable bonds is 6. The normalized spacial score (nSPS) is 11.8. The zero-order valence-electron chi connectivity index (χ0n) is 13.9. The number of nitrogens with one attached hydrogen (secondary N) is 1. The molecule has 126 valence electrons. The number of carbonyl (C=O) groups is 1. The molecule has 2 rings (SSSR count). The monoisotopic (exact) mass is 328 g/mol. The number of nitro benzene ring substituents is 1. The molecule has 1 N–H and O–H groups in total. The molecule has 0 heterocycles. The van der Waals surface area contributed by atoms with Crippen LogP contribution in [0.4, 0.5) is 11.4 Å². The molecule has 0 fully saturated rings. The first-order valence-electron chi connectivity index (χ1n) is 7.61. The van der Waals surface area contributed by atoms with Crippen LogP contribution in [0.1, 0.15) is 25.3 Å². The molecule has 0 saturated carbocycles. The van der Waals surface area contributed by atoms with Crippen LogP contribution in [0.2, 0.25) is 0 Å². The van der Waals surface area contributed by atoms with E-state index in [1.807, 2.05) is 13.8 Å². The minimum atomic E-state index is -0.454. The van der Waals surface area contributed by atoms with E-state index in [2.05, 4.69) is 5.32 Å². The summed E-state index contributed by atoms with van der Waals surface area (Å²) in [4.78, 5) is 23.0. The van der Waals surface area contributed by atoms with E-state index in [-0.39, 0.29) is 17.5 Å². The Morgan fingerprint density at radius 2 is 1.83 bits per heavy atom. The second kappa shape index (κ2) is 7.59. The molecule has 24 heavy (non-hydrogen) atoms. The molecule has 0 bridgehead atoms. The van der Waals surface area contributed by atoms with Crippen LogP contribution in [0, 0.1) is 16.0 Å². The third-order valence-corrected chi connectivity index (χ3v) is 3.75. The van der Waals surface area contributed by atoms with Crippen LogP contribution < -0.4 is 10.1 Å². The van der Waals surface area contributed by atoms with E-state index in [9.17, 15) is 14.9 Å². The number of benzene rings is 2. The van der Waals surface area contributed by atoms with Crippen molar-refractivity contribution >= 4 is 17.3 Å². The molecule has 0 aliphatic heterocycles. The molecular weight excluding hydrogens is 308 g/mol. The Hall–Kier alpha value is -2.89. The molecule has 2 aromatic carbocycles. The van der Waals surface area contributed by atoms with Crippen molar-refractivity contribution in [3.8, 4) is 5.75 Å². The second-order valence-electron chi connectivity index (χ2n) is 5.79. The Kier molecular flexibility index (Phi) is 5.52. The quantitative estimate of drug-likeness (QED) is 0.642. The van der Waals surface area contributed by atoms with Crippen LogP contribution in [0.3, 0.4) is 0 Å². The fourth-order valence-corrected chi connectivity index (χ4v) is 2.56. The van der Waals surface area contributed by atoms with Gasteiger partial charge in [-0.05, 0) is 23.6 Å². The minimum absolute atomic E-state index is 0.00876. The number of methoxy groups -OCH3 is 1. The van der Waals surface area contributed by atoms with Gasteiger partial charge in [0, 0.05) is 23.9 Å². The maximum atomic E-state index is 12.7. The summed E-state index contributed by atoms with van der Waals surface area (Å²) in [7, 11) is 1.56. The number of ether oxygens (including phenoxy) is 1. The summed E-state index contributed by atoms with van der Waals surface area (Å²) in [6.45, 7) is 3.88. The summed E-state index contributed by atoms with van der Waals surface area (Å²) in [6.07, 6.45) is 0. The lowest BCUT2D eigenvalue weighted by Crippen LogP contribution is -2.25. The predicted molar refractivity (Wildman–Crippen MR) is 92.3 cm³/mol. The van der Waals surface area contributed by atoms with Crippen LogP contribution >= 0.6 is 0 Å². The first-order valence-corrected chi connectivity index (χ1v) is 7.61. The van der Waals surface area contributed by atoms with Crippen molar-refractivity contribution in [1.82, 2.24) is 0 Å². The highest BCUT2D eigenvalue weighted by atomic mass is 16.6. The maximum absolute atomic E-state index is 12.7. The van der Waals surface area contributed by atoms with Crippen molar-refractivity contribution in [2.24, 2.45) is 5.92 Å². The fourth-order valence-electron chi connectivity index (χ4n) is 2.56. The van der Waals surface area contributed by atoms with Gasteiger partial charge in [0.15, 0.2) is 0 Å². The van der Waals surface area contributed by atoms with E-state index in [1.54, 1.807) is 43.5 Å². The number of hydrogen-bond acceptors (Lipinski definition) is 4. The molecule has 1 amide bonds. The highest BCUT2D eigenvalue weighted by molar-refractivity contribution is 5.96. The Bertz CT molecular complexity index is 726. The summed E-state index contributed by atoms with van der Waals surface area (Å²) < 4.78 is 5.15. The summed E-state index contributed by atoms with van der Waals surface area (Å²) in [6, 6.07) is 13.2. The number of hydrogen-bond donors (Lipinski definition) is 1. The number of anilines is 1. The Balaban J connectivity index is 2.22. The first kappa shape index (κ1) is 17.5. The van der Waals surface area contributed by atoms with E-state index in [1.165, 1.54) is 12.1 Å². The summed E-state index contributed by atoms with van der Waals surface area (Å²) in [5, 5.41) is 13.6. The standard InChI is InChI=1S/C18H20N2O4/c1-12(2)17(13-7-9-15(10-8-13)20(22)23)18(21)19-14-5-4-6-16(11-14)24-3/h4-12,17H,1-3H3,(H,19,21). The highest BCUT2D eigenvalue weighted by Gasteiger charge is 2.25. The van der Waals surface area contributed by atoms with Crippen molar-refractivity contribution < 1.29 is 14.5 Å². The first-order chi connectivity index (χ1) is 11.4. The van der Waals surface area contributed by atoms with Crippen molar-refractivity contribution in [2.75, 3.05) is 12.4 Å². The van der Waals surface area contributed by atoms with Gasteiger partial charge in [-0.2, -0.15) is 0 Å². The van der Waals surface area contributed by atoms with Gasteiger partial charge in [0.25, 0.3) is 5.69 Å². The zero-order chi connectivity index (χ0) is 17.7. The Morgan fingerprint density at radius 3 is 2.38 bits per heavy atom. The van der Waals surface area contributed by atoms with E-state index < -0.39 is 10.8 Å². The van der Waals surface area contributed by atoms with Gasteiger partial charge in [0.2, 0.25) is 5.91 Å². The Labute approximate surface area is 140 Å². The third kappa shape index (κ3) is 4.10. The number of nitro groups is 1. The average molecular weight is 328 g/mol. The van der Waals surface area contributed by atoms with Crippen LogP contribution in [0.15, 0.2) is 48.5 Å². The predicted octanol–water partition coefficient (Wildman–Crippen LogP) is 3.98. The van der Waals surface area contributed by atoms with E-state index in [0.717, 1.165) is 5.56 Å². The lowest BCUT2D eigenvalue weighted by Gasteiger charge is -2.21. The molecule has 0 aliphatic rings. The van der Waals surface area contributed by atoms with Crippen molar-refractivity contribution in [3.63, 3.8) is 0 Å². The van der Waals surface area contributed by atoms with E-state index >= 15 is 0 Å². The van der Waals surface area contributed by atoms with Gasteiger partial charge in [-0.15, -0.1) is 0 Å². The van der Waals surface area contributed by atoms with Gasteiger partial charge in [-0.25, -0.2) is 0 Å². The van der Waals surface area contributed by atoms with Crippen LogP contribution in [-0.4, -0.2) is 17.9 Å². The smallest absolute Gasteiger partial charge is 0.269 e. The number of carbonyl (C=O) groups excluding carboxylic acids is 1. The Morgan fingerprint density at radius 1 is 1.17 bits per heavy atom. The fraction of sp³-hybridized carbons (Fsp3) is 0.278. The average Bonchev–Trinajstić information content (AvgIpc) is 2.55. The highest BCUT2D eigenvalue weighted by Crippen LogP contribution is 2.28. The number of nitrogens with zero attached hydrogens (tertiary/aromatic N) is 1. The van der Waals surface area contributed by atoms with E-state index in [4.69, 9.17) is 4.74 Å². The van der Waals surface area contributed by atoms with Crippen molar-refractivity contribution in [3.05, 3.63) is 64.2 Å². The van der Waals surface area contributed by atoms with Gasteiger partial charge in [-0.1, -0.05) is 32.0 Å². The summed E-state index contributed by atoms with van der Waals surface area (Å²) in [5.74, 6) is 0.130. The van der Waals surface area contributed by atoms with Gasteiger partial charge >= 0.3 is 0 Å². The lowest BCUT2D eigenvalue weighted by molar-refractivity contribution is -0.384. The molecule has 6 heteroatoms. The third-order valence-electron chi connectivity index (χ3n) is 3.75. The molecule has 0 radical (unpaired) electrons. The largest absolute Gasteiger partial charge is 0.497 e. The molecule has 0 aliphatic carbocycles. The minimum Gasteiger partial charge on any atom is -0.497 e.